The minimum absolute atomic E-state index is 0.226. The Kier molecular flexibility index (Phi) is 3.43. The highest BCUT2D eigenvalue weighted by molar-refractivity contribution is 5.81. The molecule has 2 nitrogen and oxygen atoms in total. The molecule has 0 unspecified atom stereocenters. The second kappa shape index (κ2) is 4.60. The highest BCUT2D eigenvalue weighted by Crippen LogP contribution is 2.05. The van der Waals surface area contributed by atoms with Gasteiger partial charge in [-0.1, -0.05) is 17.3 Å². The number of hydrogen-bond donors (Lipinski definition) is 1. The van der Waals surface area contributed by atoms with Crippen molar-refractivity contribution < 1.29 is 9.60 Å². The van der Waals surface area contributed by atoms with Crippen molar-refractivity contribution in [1.82, 2.24) is 0 Å². The highest BCUT2D eigenvalue weighted by atomic mass is 19.1. The van der Waals surface area contributed by atoms with Crippen LogP contribution in [0.5, 0.6) is 0 Å². The standard InChI is InChI=1S/C10H12FNO/c1-8(12-13)2-3-9-4-6-10(11)7-5-9/h4-7,13H,2-3H2,1H3/b12-8-. The molecule has 13 heavy (non-hydrogen) atoms. The van der Waals surface area contributed by atoms with Gasteiger partial charge in [-0.05, 0) is 37.5 Å². The minimum Gasteiger partial charge on any atom is -0.411 e. The van der Waals surface area contributed by atoms with E-state index in [1.807, 2.05) is 0 Å². The number of rotatable bonds is 3. The zero-order valence-corrected chi connectivity index (χ0v) is 7.50. The fourth-order valence-electron chi connectivity index (χ4n) is 1.03. The summed E-state index contributed by atoms with van der Waals surface area (Å²) < 4.78 is 12.5. The van der Waals surface area contributed by atoms with Crippen molar-refractivity contribution in [3.05, 3.63) is 35.6 Å². The van der Waals surface area contributed by atoms with E-state index in [0.717, 1.165) is 12.0 Å². The summed E-state index contributed by atoms with van der Waals surface area (Å²) >= 11 is 0. The first kappa shape index (κ1) is 9.71. The van der Waals surface area contributed by atoms with Gasteiger partial charge in [0.25, 0.3) is 0 Å². The monoisotopic (exact) mass is 181 g/mol. The SMILES string of the molecule is C/C(CCc1ccc(F)cc1)=N/O. The molecule has 0 fully saturated rings. The van der Waals surface area contributed by atoms with Gasteiger partial charge in [0.2, 0.25) is 0 Å². The number of oxime groups is 1. The van der Waals surface area contributed by atoms with Gasteiger partial charge in [-0.25, -0.2) is 4.39 Å². The summed E-state index contributed by atoms with van der Waals surface area (Å²) in [5, 5.41) is 11.4. The van der Waals surface area contributed by atoms with Crippen LogP contribution in [0, 0.1) is 5.82 Å². The average molecular weight is 181 g/mol. The molecule has 1 N–H and O–H groups in total. The lowest BCUT2D eigenvalue weighted by molar-refractivity contribution is 0.317. The van der Waals surface area contributed by atoms with Gasteiger partial charge in [0.15, 0.2) is 0 Å². The van der Waals surface area contributed by atoms with Gasteiger partial charge in [-0.3, -0.25) is 0 Å². The van der Waals surface area contributed by atoms with Crippen molar-refractivity contribution in [3.8, 4) is 0 Å². The number of benzene rings is 1. The molecule has 0 saturated carbocycles. The van der Waals surface area contributed by atoms with Crippen molar-refractivity contribution in [2.24, 2.45) is 5.16 Å². The first-order valence-corrected chi connectivity index (χ1v) is 4.14. The van der Waals surface area contributed by atoms with E-state index in [9.17, 15) is 4.39 Å². The molecule has 0 bridgehead atoms. The summed E-state index contributed by atoms with van der Waals surface area (Å²) in [6.45, 7) is 1.75. The molecule has 0 spiro atoms. The number of nitrogens with zero attached hydrogens (tertiary/aromatic N) is 1. The maximum atomic E-state index is 12.5. The molecule has 0 atom stereocenters. The van der Waals surface area contributed by atoms with E-state index in [0.29, 0.717) is 12.1 Å². The summed E-state index contributed by atoms with van der Waals surface area (Å²) in [7, 11) is 0. The van der Waals surface area contributed by atoms with Gasteiger partial charge < -0.3 is 5.21 Å². The molecule has 1 rings (SSSR count). The van der Waals surface area contributed by atoms with E-state index < -0.39 is 0 Å². The number of aryl methyl sites for hydroxylation is 1. The van der Waals surface area contributed by atoms with E-state index in [-0.39, 0.29) is 5.82 Å². The van der Waals surface area contributed by atoms with E-state index in [2.05, 4.69) is 5.16 Å². The smallest absolute Gasteiger partial charge is 0.123 e. The molecule has 3 heteroatoms. The molecule has 0 aliphatic rings. The Morgan fingerprint density at radius 3 is 2.54 bits per heavy atom. The first-order valence-electron chi connectivity index (χ1n) is 4.14. The first-order chi connectivity index (χ1) is 6.22. The van der Waals surface area contributed by atoms with Gasteiger partial charge in [-0.2, -0.15) is 0 Å². The summed E-state index contributed by atoms with van der Waals surface area (Å²) in [5.41, 5.74) is 1.73. The second-order valence-electron chi connectivity index (χ2n) is 2.96. The Bertz CT molecular complexity index is 292. The molecule has 0 heterocycles. The van der Waals surface area contributed by atoms with Crippen LogP contribution >= 0.6 is 0 Å². The van der Waals surface area contributed by atoms with Crippen LogP contribution in [0.1, 0.15) is 18.9 Å². The lowest BCUT2D eigenvalue weighted by Gasteiger charge is -1.99. The van der Waals surface area contributed by atoms with Crippen molar-refractivity contribution in [3.63, 3.8) is 0 Å². The summed E-state index contributed by atoms with van der Waals surface area (Å²) in [4.78, 5) is 0. The van der Waals surface area contributed by atoms with Crippen LogP contribution in [0.2, 0.25) is 0 Å². The molecule has 0 radical (unpaired) electrons. The highest BCUT2D eigenvalue weighted by Gasteiger charge is 1.96. The van der Waals surface area contributed by atoms with Gasteiger partial charge in [0.05, 0.1) is 5.71 Å². The second-order valence-corrected chi connectivity index (χ2v) is 2.96. The third-order valence-electron chi connectivity index (χ3n) is 1.86. The zero-order valence-electron chi connectivity index (χ0n) is 7.50. The van der Waals surface area contributed by atoms with Crippen LogP contribution in [0.3, 0.4) is 0 Å². The Morgan fingerprint density at radius 1 is 1.38 bits per heavy atom. The molecule has 0 aliphatic carbocycles. The lowest BCUT2D eigenvalue weighted by atomic mass is 10.1. The third kappa shape index (κ3) is 3.23. The van der Waals surface area contributed by atoms with Gasteiger partial charge >= 0.3 is 0 Å². The topological polar surface area (TPSA) is 32.6 Å². The van der Waals surface area contributed by atoms with E-state index in [1.165, 1.54) is 12.1 Å². The molecule has 0 amide bonds. The fraction of sp³-hybridized carbons (Fsp3) is 0.300. The normalized spacial score (nSPS) is 11.7. The maximum absolute atomic E-state index is 12.5. The number of halogens is 1. The molecule has 1 aromatic carbocycles. The fourth-order valence-corrected chi connectivity index (χ4v) is 1.03. The molecule has 1 aromatic rings. The summed E-state index contributed by atoms with van der Waals surface area (Å²) in [5.74, 6) is -0.226. The van der Waals surface area contributed by atoms with Gasteiger partial charge in [0.1, 0.15) is 5.82 Å². The Hall–Kier alpha value is -1.38. The van der Waals surface area contributed by atoms with E-state index in [4.69, 9.17) is 5.21 Å². The van der Waals surface area contributed by atoms with Crippen LogP contribution in [0.4, 0.5) is 4.39 Å². The summed E-state index contributed by atoms with van der Waals surface area (Å²) in [6, 6.07) is 6.33. The Balaban J connectivity index is 2.51. The largest absolute Gasteiger partial charge is 0.411 e. The summed E-state index contributed by atoms with van der Waals surface area (Å²) in [6.07, 6.45) is 1.47. The third-order valence-corrected chi connectivity index (χ3v) is 1.86. The van der Waals surface area contributed by atoms with Crippen LogP contribution < -0.4 is 0 Å². The molecule has 0 aliphatic heterocycles. The van der Waals surface area contributed by atoms with Crippen molar-refractivity contribution >= 4 is 5.71 Å². The lowest BCUT2D eigenvalue weighted by Crippen LogP contribution is -1.94. The maximum Gasteiger partial charge on any atom is 0.123 e. The molecule has 0 aromatic heterocycles. The average Bonchev–Trinajstić information content (AvgIpc) is 2.16. The van der Waals surface area contributed by atoms with E-state index in [1.54, 1.807) is 19.1 Å². The predicted octanol–water partition coefficient (Wildman–Crippen LogP) is 2.61. The Morgan fingerprint density at radius 2 is 2.00 bits per heavy atom. The zero-order chi connectivity index (χ0) is 9.68. The van der Waals surface area contributed by atoms with Crippen LogP contribution in [0.25, 0.3) is 0 Å². The Labute approximate surface area is 76.7 Å². The molecule has 70 valence electrons. The molecular formula is C10H12FNO. The van der Waals surface area contributed by atoms with Crippen molar-refractivity contribution in [1.29, 1.82) is 0 Å². The van der Waals surface area contributed by atoms with Crippen LogP contribution in [-0.2, 0) is 6.42 Å². The van der Waals surface area contributed by atoms with E-state index >= 15 is 0 Å². The van der Waals surface area contributed by atoms with Crippen molar-refractivity contribution in [2.75, 3.05) is 0 Å². The van der Waals surface area contributed by atoms with Crippen LogP contribution in [-0.4, -0.2) is 10.9 Å². The number of hydrogen-bond acceptors (Lipinski definition) is 2. The van der Waals surface area contributed by atoms with Crippen LogP contribution in [0.15, 0.2) is 29.4 Å². The van der Waals surface area contributed by atoms with Gasteiger partial charge in [-0.15, -0.1) is 0 Å². The van der Waals surface area contributed by atoms with Gasteiger partial charge in [0, 0.05) is 0 Å². The minimum atomic E-state index is -0.226. The van der Waals surface area contributed by atoms with Crippen molar-refractivity contribution in [2.45, 2.75) is 19.8 Å². The molecular weight excluding hydrogens is 169 g/mol. The quantitative estimate of drug-likeness (QED) is 0.434. The predicted molar refractivity (Wildman–Crippen MR) is 49.6 cm³/mol. The molecule has 0 saturated heterocycles.